The highest BCUT2D eigenvalue weighted by molar-refractivity contribution is 6.02. The van der Waals surface area contributed by atoms with Crippen LogP contribution in [0.4, 0.5) is 31.0 Å². The summed E-state index contributed by atoms with van der Waals surface area (Å²) in [5.41, 5.74) is 1.56. The second-order valence-corrected chi connectivity index (χ2v) is 10.5. The zero-order chi connectivity index (χ0) is 31.1. The molecule has 4 rings (SSSR count). The predicted octanol–water partition coefficient (Wildman–Crippen LogP) is 4.86. The number of nitrogens with zero attached hydrogens (tertiary/aromatic N) is 2. The van der Waals surface area contributed by atoms with Crippen molar-refractivity contribution in [1.82, 2.24) is 9.80 Å². The minimum Gasteiger partial charge on any atom is -0.497 e. The number of rotatable bonds is 8. The number of benzene rings is 3. The van der Waals surface area contributed by atoms with Gasteiger partial charge in [-0.1, -0.05) is 6.92 Å². The third kappa shape index (κ3) is 7.92. The Bertz CT molecular complexity index is 1440. The van der Waals surface area contributed by atoms with E-state index in [9.17, 15) is 23.9 Å². The maximum Gasteiger partial charge on any atom is 0.323 e. The summed E-state index contributed by atoms with van der Waals surface area (Å²) in [5.74, 6) is -0.0526. The first-order valence-corrected chi connectivity index (χ1v) is 13.8. The fourth-order valence-corrected chi connectivity index (χ4v) is 4.59. The fraction of sp³-hybridized carbons (Fsp3) is 0.323. The van der Waals surface area contributed by atoms with Crippen LogP contribution in [-0.4, -0.2) is 78.9 Å². The normalized spacial score (nSPS) is 17.0. The van der Waals surface area contributed by atoms with Crippen LogP contribution in [0.1, 0.15) is 24.2 Å². The molecule has 0 spiro atoms. The number of halogens is 1. The number of urea groups is 2. The SMILES string of the molecule is COc1ccc(NC(=O)Nc2ccc3c(c2)C(=O)N([C@@H](C)CO)C[C@@H](C)[C@H](CN(C)C(=O)Nc2ccc(F)cc2)O3)cc1. The van der Waals surface area contributed by atoms with Crippen LogP contribution in [-0.2, 0) is 0 Å². The zero-order valence-electron chi connectivity index (χ0n) is 24.5. The molecule has 1 aliphatic heterocycles. The molecule has 0 aliphatic carbocycles. The summed E-state index contributed by atoms with van der Waals surface area (Å²) in [6.45, 7) is 3.84. The number of carbonyl (C=O) groups excluding carboxylic acids is 3. The van der Waals surface area contributed by atoms with Crippen LogP contribution in [0.5, 0.6) is 11.5 Å². The summed E-state index contributed by atoms with van der Waals surface area (Å²) in [6.07, 6.45) is -0.526. The van der Waals surface area contributed by atoms with E-state index in [1.165, 1.54) is 35.2 Å². The Balaban J connectivity index is 1.53. The number of amides is 5. The van der Waals surface area contributed by atoms with Gasteiger partial charge in [0.25, 0.3) is 5.91 Å². The van der Waals surface area contributed by atoms with Gasteiger partial charge in [-0.3, -0.25) is 4.79 Å². The number of ether oxygens (including phenoxy) is 2. The Morgan fingerprint density at radius 2 is 1.65 bits per heavy atom. The third-order valence-corrected chi connectivity index (χ3v) is 7.17. The largest absolute Gasteiger partial charge is 0.497 e. The van der Waals surface area contributed by atoms with Gasteiger partial charge in [0.15, 0.2) is 0 Å². The lowest BCUT2D eigenvalue weighted by Crippen LogP contribution is -2.50. The molecule has 0 bridgehead atoms. The van der Waals surface area contributed by atoms with Crippen molar-refractivity contribution in [2.24, 2.45) is 5.92 Å². The summed E-state index contributed by atoms with van der Waals surface area (Å²) in [6, 6.07) is 15.6. The first kappa shape index (κ1) is 31.1. The number of aliphatic hydroxyl groups excluding tert-OH is 1. The summed E-state index contributed by atoms with van der Waals surface area (Å²) >= 11 is 0. The highest BCUT2D eigenvalue weighted by Gasteiger charge is 2.34. The molecule has 43 heavy (non-hydrogen) atoms. The monoisotopic (exact) mass is 593 g/mol. The average Bonchev–Trinajstić information content (AvgIpc) is 3.00. The quantitative estimate of drug-likeness (QED) is 0.295. The number of fused-ring (bicyclic) bond motifs is 1. The number of anilines is 3. The second-order valence-electron chi connectivity index (χ2n) is 10.5. The summed E-state index contributed by atoms with van der Waals surface area (Å²) < 4.78 is 24.7. The van der Waals surface area contributed by atoms with E-state index in [1.54, 1.807) is 62.4 Å². The number of hydrogen-bond donors (Lipinski definition) is 4. The summed E-state index contributed by atoms with van der Waals surface area (Å²) in [7, 11) is 3.17. The molecule has 0 radical (unpaired) electrons. The van der Waals surface area contributed by atoms with Crippen LogP contribution < -0.4 is 25.4 Å². The van der Waals surface area contributed by atoms with Crippen LogP contribution in [0, 0.1) is 11.7 Å². The maximum absolute atomic E-state index is 13.7. The van der Waals surface area contributed by atoms with Crippen LogP contribution in [0.3, 0.4) is 0 Å². The standard InChI is InChI=1S/C31H36FN5O6/c1-19-16-37(20(2)18-38)29(39)26-15-24(34-30(40)33-22-9-12-25(42-4)13-10-22)11-14-27(26)43-28(19)17-36(3)31(41)35-23-7-5-21(32)6-8-23/h5-15,19-20,28,38H,16-18H2,1-4H3,(H,35,41)(H2,33,34,40)/t19-,20+,28+/m1/s1. The number of aliphatic hydroxyl groups is 1. The van der Waals surface area contributed by atoms with Crippen molar-refractivity contribution in [1.29, 1.82) is 0 Å². The molecule has 0 unspecified atom stereocenters. The molecule has 1 heterocycles. The predicted molar refractivity (Wildman–Crippen MR) is 161 cm³/mol. The van der Waals surface area contributed by atoms with E-state index in [4.69, 9.17) is 9.47 Å². The molecule has 11 nitrogen and oxygen atoms in total. The van der Waals surface area contributed by atoms with Gasteiger partial charge in [-0.2, -0.15) is 0 Å². The van der Waals surface area contributed by atoms with E-state index >= 15 is 0 Å². The average molecular weight is 594 g/mol. The fourth-order valence-electron chi connectivity index (χ4n) is 4.59. The summed E-state index contributed by atoms with van der Waals surface area (Å²) in [5, 5.41) is 18.1. The topological polar surface area (TPSA) is 132 Å². The van der Waals surface area contributed by atoms with Crippen LogP contribution in [0.25, 0.3) is 0 Å². The maximum atomic E-state index is 13.7. The number of methoxy groups -OCH3 is 1. The van der Waals surface area contributed by atoms with E-state index < -0.39 is 30.0 Å². The van der Waals surface area contributed by atoms with E-state index in [0.717, 1.165) is 0 Å². The van der Waals surface area contributed by atoms with E-state index in [0.29, 0.717) is 22.8 Å². The molecule has 3 aromatic carbocycles. The number of nitrogens with one attached hydrogen (secondary N) is 3. The molecule has 0 fully saturated rings. The first-order valence-electron chi connectivity index (χ1n) is 13.8. The molecule has 5 amide bonds. The number of likely N-dealkylation sites (N-methyl/N-ethyl adjacent to an activating group) is 1. The lowest BCUT2D eigenvalue weighted by Gasteiger charge is -2.38. The molecule has 4 N–H and O–H groups in total. The number of hydrogen-bond acceptors (Lipinski definition) is 6. The van der Waals surface area contributed by atoms with Gasteiger partial charge in [0, 0.05) is 36.6 Å². The highest BCUT2D eigenvalue weighted by atomic mass is 19.1. The van der Waals surface area contributed by atoms with Gasteiger partial charge in [0.05, 0.1) is 31.9 Å². The highest BCUT2D eigenvalue weighted by Crippen LogP contribution is 2.31. The molecule has 228 valence electrons. The second kappa shape index (κ2) is 13.9. The third-order valence-electron chi connectivity index (χ3n) is 7.17. The Kier molecular flexibility index (Phi) is 10.0. The van der Waals surface area contributed by atoms with Gasteiger partial charge < -0.3 is 40.3 Å². The Hall–Kier alpha value is -4.84. The van der Waals surface area contributed by atoms with Crippen molar-refractivity contribution in [3.63, 3.8) is 0 Å². The molecule has 3 atom stereocenters. The zero-order valence-corrected chi connectivity index (χ0v) is 24.5. The van der Waals surface area contributed by atoms with Crippen molar-refractivity contribution in [3.8, 4) is 11.5 Å². The first-order chi connectivity index (χ1) is 20.6. The minimum absolute atomic E-state index is 0.174. The van der Waals surface area contributed by atoms with Crippen LogP contribution in [0.15, 0.2) is 66.7 Å². The summed E-state index contributed by atoms with van der Waals surface area (Å²) in [4.78, 5) is 42.3. The Morgan fingerprint density at radius 3 is 2.30 bits per heavy atom. The van der Waals surface area contributed by atoms with Gasteiger partial charge in [-0.05, 0) is 73.7 Å². The molecule has 0 saturated heterocycles. The molecule has 0 saturated carbocycles. The molecule has 12 heteroatoms. The van der Waals surface area contributed by atoms with E-state index in [2.05, 4.69) is 16.0 Å². The van der Waals surface area contributed by atoms with Gasteiger partial charge in [0.1, 0.15) is 23.4 Å². The molecular formula is C31H36FN5O6. The van der Waals surface area contributed by atoms with Crippen molar-refractivity contribution in [2.75, 3.05) is 49.8 Å². The van der Waals surface area contributed by atoms with Crippen LogP contribution >= 0.6 is 0 Å². The van der Waals surface area contributed by atoms with E-state index in [1.807, 2.05) is 6.92 Å². The van der Waals surface area contributed by atoms with Gasteiger partial charge in [-0.25, -0.2) is 14.0 Å². The minimum atomic E-state index is -0.526. The van der Waals surface area contributed by atoms with Crippen molar-refractivity contribution >= 4 is 35.0 Å². The lowest BCUT2D eigenvalue weighted by atomic mass is 9.99. The smallest absolute Gasteiger partial charge is 0.323 e. The Morgan fingerprint density at radius 1 is 1.05 bits per heavy atom. The van der Waals surface area contributed by atoms with Crippen molar-refractivity contribution < 1.29 is 33.4 Å². The molecular weight excluding hydrogens is 557 g/mol. The Labute approximate surface area is 249 Å². The van der Waals surface area contributed by atoms with Crippen molar-refractivity contribution in [3.05, 3.63) is 78.1 Å². The number of carbonyl (C=O) groups is 3. The van der Waals surface area contributed by atoms with Gasteiger partial charge in [0.2, 0.25) is 0 Å². The van der Waals surface area contributed by atoms with E-state index in [-0.39, 0.29) is 42.8 Å². The lowest BCUT2D eigenvalue weighted by molar-refractivity contribution is 0.0371. The van der Waals surface area contributed by atoms with Crippen molar-refractivity contribution in [2.45, 2.75) is 26.0 Å². The van der Waals surface area contributed by atoms with Gasteiger partial charge in [-0.15, -0.1) is 0 Å². The molecule has 1 aliphatic rings. The van der Waals surface area contributed by atoms with Gasteiger partial charge >= 0.3 is 12.1 Å². The molecule has 3 aromatic rings. The molecule has 0 aromatic heterocycles. The van der Waals surface area contributed by atoms with Crippen LogP contribution in [0.2, 0.25) is 0 Å².